The van der Waals surface area contributed by atoms with Crippen molar-refractivity contribution >= 4 is 6.08 Å². The van der Waals surface area contributed by atoms with Crippen molar-refractivity contribution in [2.45, 2.75) is 13.1 Å². The lowest BCUT2D eigenvalue weighted by Gasteiger charge is -2.08. The number of hydrogen-bond donors (Lipinski definition) is 0. The summed E-state index contributed by atoms with van der Waals surface area (Å²) in [6.07, 6.45) is -4.64. The third-order valence-corrected chi connectivity index (χ3v) is 2.95. The van der Waals surface area contributed by atoms with Crippen molar-refractivity contribution in [3.8, 4) is 11.1 Å². The zero-order valence-corrected chi connectivity index (χ0v) is 11.3. The van der Waals surface area contributed by atoms with Crippen molar-refractivity contribution < 1.29 is 26.3 Å². The molecule has 0 aliphatic carbocycles. The second-order valence-electron chi connectivity index (χ2n) is 4.71. The minimum atomic E-state index is -4.68. The van der Waals surface area contributed by atoms with Crippen LogP contribution in [0.4, 0.5) is 26.3 Å². The lowest BCUT2D eigenvalue weighted by Crippen LogP contribution is -2.01. The van der Waals surface area contributed by atoms with Crippen LogP contribution in [0.25, 0.3) is 17.2 Å². The first-order valence-electron chi connectivity index (χ1n) is 6.19. The summed E-state index contributed by atoms with van der Waals surface area (Å²) in [7, 11) is 0. The maximum Gasteiger partial charge on any atom is 0.409 e. The van der Waals surface area contributed by atoms with E-state index in [2.05, 4.69) is 0 Å². The smallest absolute Gasteiger partial charge is 0.206 e. The highest BCUT2D eigenvalue weighted by atomic mass is 19.4. The Bertz CT molecular complexity index is 705. The normalized spacial score (nSPS) is 12.1. The average Bonchev–Trinajstić information content (AvgIpc) is 2.36. The van der Waals surface area contributed by atoms with Crippen molar-refractivity contribution in [3.05, 3.63) is 65.0 Å². The highest BCUT2D eigenvalue weighted by Crippen LogP contribution is 2.28. The van der Waals surface area contributed by atoms with Gasteiger partial charge in [-0.25, -0.2) is 13.2 Å². The van der Waals surface area contributed by atoms with Crippen LogP contribution in [0.3, 0.4) is 0 Å². The van der Waals surface area contributed by atoms with Gasteiger partial charge in [0.15, 0.2) is 0 Å². The van der Waals surface area contributed by atoms with Crippen molar-refractivity contribution in [1.29, 1.82) is 0 Å². The fourth-order valence-corrected chi connectivity index (χ4v) is 1.93. The molecule has 0 unspecified atom stereocenters. The molecule has 2 aromatic rings. The van der Waals surface area contributed by atoms with Gasteiger partial charge in [0.1, 0.15) is 17.5 Å². The second-order valence-corrected chi connectivity index (χ2v) is 4.71. The number of aryl methyl sites for hydroxylation is 1. The average molecular weight is 316 g/mol. The molecular formula is C16H10F6. The van der Waals surface area contributed by atoms with E-state index < -0.39 is 29.2 Å². The van der Waals surface area contributed by atoms with Crippen LogP contribution in [-0.4, -0.2) is 6.18 Å². The Morgan fingerprint density at radius 3 is 1.95 bits per heavy atom. The van der Waals surface area contributed by atoms with E-state index in [9.17, 15) is 26.3 Å². The molecule has 0 amide bonds. The van der Waals surface area contributed by atoms with Crippen molar-refractivity contribution in [1.82, 2.24) is 0 Å². The Morgan fingerprint density at radius 1 is 0.864 bits per heavy atom. The van der Waals surface area contributed by atoms with E-state index in [0.29, 0.717) is 11.6 Å². The Labute approximate surface area is 122 Å². The summed E-state index contributed by atoms with van der Waals surface area (Å²) in [4.78, 5) is 0. The zero-order valence-electron chi connectivity index (χ0n) is 11.3. The van der Waals surface area contributed by atoms with Gasteiger partial charge in [0.05, 0.1) is 0 Å². The molecule has 22 heavy (non-hydrogen) atoms. The topological polar surface area (TPSA) is 0 Å². The van der Waals surface area contributed by atoms with Gasteiger partial charge in [-0.2, -0.15) is 13.2 Å². The standard InChI is InChI=1S/C16H10F6/c1-9-2-3-11(13(17)6-9)10-7-14(18)12(15(19)8-10)4-5-16(20,21)22/h2-8H,1H3/b5-4+. The molecule has 2 aromatic carbocycles. The molecule has 0 saturated carbocycles. The fourth-order valence-electron chi connectivity index (χ4n) is 1.93. The van der Waals surface area contributed by atoms with Crippen LogP contribution in [0.5, 0.6) is 0 Å². The van der Waals surface area contributed by atoms with Gasteiger partial charge in [-0.15, -0.1) is 0 Å². The van der Waals surface area contributed by atoms with Crippen molar-refractivity contribution in [3.63, 3.8) is 0 Å². The largest absolute Gasteiger partial charge is 0.409 e. The molecule has 6 heteroatoms. The van der Waals surface area contributed by atoms with E-state index in [4.69, 9.17) is 0 Å². The van der Waals surface area contributed by atoms with Gasteiger partial charge in [-0.1, -0.05) is 12.1 Å². The van der Waals surface area contributed by atoms with Crippen LogP contribution in [0.1, 0.15) is 11.1 Å². The van der Waals surface area contributed by atoms with E-state index in [1.807, 2.05) is 0 Å². The summed E-state index contributed by atoms with van der Waals surface area (Å²) in [6, 6.07) is 5.71. The van der Waals surface area contributed by atoms with Crippen LogP contribution in [-0.2, 0) is 0 Å². The molecular weight excluding hydrogens is 306 g/mol. The van der Waals surface area contributed by atoms with E-state index in [1.165, 1.54) is 12.1 Å². The molecule has 0 aliphatic rings. The number of allylic oxidation sites excluding steroid dienone is 1. The third-order valence-electron chi connectivity index (χ3n) is 2.95. The Kier molecular flexibility index (Phi) is 4.30. The van der Waals surface area contributed by atoms with E-state index >= 15 is 0 Å². The first-order valence-corrected chi connectivity index (χ1v) is 6.19. The monoisotopic (exact) mass is 316 g/mol. The predicted molar refractivity (Wildman–Crippen MR) is 71.6 cm³/mol. The van der Waals surface area contributed by atoms with Gasteiger partial charge in [0.25, 0.3) is 0 Å². The molecule has 0 heterocycles. The van der Waals surface area contributed by atoms with Crippen LogP contribution >= 0.6 is 0 Å². The van der Waals surface area contributed by atoms with Crippen molar-refractivity contribution in [2.75, 3.05) is 0 Å². The Balaban J connectivity index is 2.48. The molecule has 0 aromatic heterocycles. The lowest BCUT2D eigenvalue weighted by atomic mass is 10.0. The van der Waals surface area contributed by atoms with Gasteiger partial charge in [0, 0.05) is 17.2 Å². The molecule has 0 nitrogen and oxygen atoms in total. The van der Waals surface area contributed by atoms with Crippen LogP contribution in [0, 0.1) is 24.4 Å². The zero-order chi connectivity index (χ0) is 16.5. The first-order chi connectivity index (χ1) is 10.2. The fraction of sp³-hybridized carbons (Fsp3) is 0.125. The van der Waals surface area contributed by atoms with E-state index in [0.717, 1.165) is 12.1 Å². The quantitative estimate of drug-likeness (QED) is 0.628. The van der Waals surface area contributed by atoms with Crippen molar-refractivity contribution in [2.24, 2.45) is 0 Å². The molecule has 0 fully saturated rings. The third kappa shape index (κ3) is 3.69. The first kappa shape index (κ1) is 16.1. The number of benzene rings is 2. The van der Waals surface area contributed by atoms with Gasteiger partial charge < -0.3 is 0 Å². The highest BCUT2D eigenvalue weighted by Gasteiger charge is 2.23. The second kappa shape index (κ2) is 5.87. The summed E-state index contributed by atoms with van der Waals surface area (Å²) >= 11 is 0. The molecule has 0 N–H and O–H groups in total. The predicted octanol–water partition coefficient (Wildman–Crippen LogP) is 5.65. The summed E-state index contributed by atoms with van der Waals surface area (Å²) in [6.45, 7) is 1.65. The minimum Gasteiger partial charge on any atom is -0.206 e. The summed E-state index contributed by atoms with van der Waals surface area (Å²) in [5, 5.41) is 0. The number of halogens is 6. The van der Waals surface area contributed by atoms with Gasteiger partial charge in [-0.05, 0) is 42.3 Å². The van der Waals surface area contributed by atoms with E-state index in [-0.39, 0.29) is 17.2 Å². The Hall–Kier alpha value is -2.24. The number of alkyl halides is 3. The summed E-state index contributed by atoms with van der Waals surface area (Å²) in [5.74, 6) is -3.07. The van der Waals surface area contributed by atoms with Gasteiger partial charge in [-0.3, -0.25) is 0 Å². The maximum absolute atomic E-state index is 13.8. The molecule has 116 valence electrons. The van der Waals surface area contributed by atoms with Crippen LogP contribution < -0.4 is 0 Å². The molecule has 0 aliphatic heterocycles. The molecule has 0 saturated heterocycles. The van der Waals surface area contributed by atoms with Crippen LogP contribution in [0.2, 0.25) is 0 Å². The summed E-state index contributed by atoms with van der Waals surface area (Å²) < 4.78 is 77.6. The van der Waals surface area contributed by atoms with E-state index in [1.54, 1.807) is 13.0 Å². The molecule has 0 atom stereocenters. The van der Waals surface area contributed by atoms with Gasteiger partial charge >= 0.3 is 6.18 Å². The molecule has 0 spiro atoms. The highest BCUT2D eigenvalue weighted by molar-refractivity contribution is 5.67. The van der Waals surface area contributed by atoms with Gasteiger partial charge in [0.2, 0.25) is 0 Å². The van der Waals surface area contributed by atoms with Crippen LogP contribution in [0.15, 0.2) is 36.4 Å². The summed E-state index contributed by atoms with van der Waals surface area (Å²) in [5.41, 5.74) is -0.313. The number of hydrogen-bond acceptors (Lipinski definition) is 0. The number of rotatable bonds is 2. The molecule has 2 rings (SSSR count). The Morgan fingerprint density at radius 2 is 1.45 bits per heavy atom. The SMILES string of the molecule is Cc1ccc(-c2cc(F)c(/C=C/C(F)(F)F)c(F)c2)c(F)c1. The minimum absolute atomic E-state index is 0.0326. The molecule has 0 radical (unpaired) electrons. The lowest BCUT2D eigenvalue weighted by molar-refractivity contribution is -0.0790. The molecule has 0 bridgehead atoms. The maximum atomic E-state index is 13.8.